The van der Waals surface area contributed by atoms with Crippen molar-refractivity contribution in [2.45, 2.75) is 42.7 Å². The lowest BCUT2D eigenvalue weighted by molar-refractivity contribution is 0.0508. The Balaban J connectivity index is 2.15. The highest BCUT2D eigenvalue weighted by Crippen LogP contribution is 2.29. The Kier molecular flexibility index (Phi) is 3.50. The van der Waals surface area contributed by atoms with E-state index in [0.717, 1.165) is 25.7 Å². The van der Waals surface area contributed by atoms with Crippen LogP contribution >= 0.6 is 0 Å². The van der Waals surface area contributed by atoms with Gasteiger partial charge < -0.3 is 4.74 Å². The average molecular weight is 259 g/mol. The second-order valence-electron chi connectivity index (χ2n) is 4.38. The number of nitrogens with two attached hydrogens (primary N) is 1. The van der Waals surface area contributed by atoms with Crippen LogP contribution in [0.4, 0.5) is 0 Å². The molecule has 17 heavy (non-hydrogen) atoms. The van der Waals surface area contributed by atoms with E-state index < -0.39 is 10.0 Å². The van der Waals surface area contributed by atoms with Crippen molar-refractivity contribution in [3.05, 3.63) is 12.4 Å². The van der Waals surface area contributed by atoms with Crippen molar-refractivity contribution in [2.75, 3.05) is 7.11 Å². The molecular formula is C10H17N3O3S. The molecule has 0 aromatic carbocycles. The molecule has 1 aliphatic carbocycles. The minimum atomic E-state index is -3.65. The van der Waals surface area contributed by atoms with Crippen LogP contribution in [0, 0.1) is 0 Å². The molecule has 1 aromatic rings. The normalized spacial score (nSPS) is 26.0. The zero-order valence-electron chi connectivity index (χ0n) is 9.74. The monoisotopic (exact) mass is 259 g/mol. The van der Waals surface area contributed by atoms with Crippen molar-refractivity contribution in [3.8, 4) is 0 Å². The average Bonchev–Trinajstić information content (AvgIpc) is 2.78. The molecule has 2 unspecified atom stereocenters. The summed E-state index contributed by atoms with van der Waals surface area (Å²) in [6.07, 6.45) is 7.00. The number of ether oxygens (including phenoxy) is 1. The summed E-state index contributed by atoms with van der Waals surface area (Å²) in [6.45, 7) is 0. The SMILES string of the molecule is COC1CCCC(n2cc(S(N)(=O)=O)cn2)C1. The highest BCUT2D eigenvalue weighted by Gasteiger charge is 2.24. The van der Waals surface area contributed by atoms with E-state index in [1.165, 1.54) is 12.4 Å². The molecule has 0 bridgehead atoms. The zero-order chi connectivity index (χ0) is 12.5. The maximum Gasteiger partial charge on any atom is 0.241 e. The Hall–Kier alpha value is -0.920. The van der Waals surface area contributed by atoms with Gasteiger partial charge in [0, 0.05) is 13.3 Å². The van der Waals surface area contributed by atoms with Crippen molar-refractivity contribution < 1.29 is 13.2 Å². The van der Waals surface area contributed by atoms with Crippen LogP contribution in [-0.4, -0.2) is 31.4 Å². The number of nitrogens with zero attached hydrogens (tertiary/aromatic N) is 2. The Morgan fingerprint density at radius 2 is 2.29 bits per heavy atom. The molecule has 2 N–H and O–H groups in total. The fraction of sp³-hybridized carbons (Fsp3) is 0.700. The smallest absolute Gasteiger partial charge is 0.241 e. The molecule has 6 nitrogen and oxygen atoms in total. The van der Waals surface area contributed by atoms with Crippen molar-refractivity contribution in [2.24, 2.45) is 5.14 Å². The first-order chi connectivity index (χ1) is 8.00. The largest absolute Gasteiger partial charge is 0.381 e. The second-order valence-corrected chi connectivity index (χ2v) is 5.94. The fourth-order valence-electron chi connectivity index (χ4n) is 2.24. The highest BCUT2D eigenvalue weighted by molar-refractivity contribution is 7.89. The molecule has 0 spiro atoms. The number of methoxy groups -OCH3 is 1. The summed E-state index contributed by atoms with van der Waals surface area (Å²) in [7, 11) is -1.95. The van der Waals surface area contributed by atoms with E-state index in [-0.39, 0.29) is 17.0 Å². The first kappa shape index (κ1) is 12.5. The quantitative estimate of drug-likeness (QED) is 0.863. The first-order valence-corrected chi connectivity index (χ1v) is 7.15. The third kappa shape index (κ3) is 2.85. The van der Waals surface area contributed by atoms with Crippen molar-refractivity contribution in [1.29, 1.82) is 0 Å². The van der Waals surface area contributed by atoms with E-state index in [9.17, 15) is 8.42 Å². The summed E-state index contributed by atoms with van der Waals surface area (Å²) in [5.41, 5.74) is 0. The van der Waals surface area contributed by atoms with Crippen molar-refractivity contribution in [3.63, 3.8) is 0 Å². The van der Waals surface area contributed by atoms with Gasteiger partial charge in [0.2, 0.25) is 10.0 Å². The Morgan fingerprint density at radius 1 is 1.53 bits per heavy atom. The van der Waals surface area contributed by atoms with Crippen molar-refractivity contribution in [1.82, 2.24) is 9.78 Å². The molecule has 1 heterocycles. The molecule has 0 aliphatic heterocycles. The van der Waals surface area contributed by atoms with Crippen LogP contribution in [0.2, 0.25) is 0 Å². The minimum absolute atomic E-state index is 0.0667. The molecule has 7 heteroatoms. The van der Waals surface area contributed by atoms with Gasteiger partial charge in [-0.1, -0.05) is 0 Å². The van der Waals surface area contributed by atoms with Crippen LogP contribution in [0.5, 0.6) is 0 Å². The standard InChI is InChI=1S/C10H17N3O3S/c1-16-9-4-2-3-8(5-9)13-7-10(6-12-13)17(11,14)15/h6-9H,2-5H2,1H3,(H2,11,14,15). The van der Waals surface area contributed by atoms with Gasteiger partial charge in [-0.05, 0) is 25.7 Å². The maximum absolute atomic E-state index is 11.1. The van der Waals surface area contributed by atoms with Crippen LogP contribution < -0.4 is 5.14 Å². The molecule has 96 valence electrons. The van der Waals surface area contributed by atoms with Gasteiger partial charge in [0.1, 0.15) is 4.90 Å². The molecule has 2 rings (SSSR count). The van der Waals surface area contributed by atoms with Crippen LogP contribution in [0.25, 0.3) is 0 Å². The predicted molar refractivity (Wildman–Crippen MR) is 61.9 cm³/mol. The summed E-state index contributed by atoms with van der Waals surface area (Å²) in [5.74, 6) is 0. The van der Waals surface area contributed by atoms with Gasteiger partial charge >= 0.3 is 0 Å². The topological polar surface area (TPSA) is 87.2 Å². The highest BCUT2D eigenvalue weighted by atomic mass is 32.2. The van der Waals surface area contributed by atoms with Crippen molar-refractivity contribution >= 4 is 10.0 Å². The van der Waals surface area contributed by atoms with E-state index in [1.54, 1.807) is 11.8 Å². The van der Waals surface area contributed by atoms with Crippen LogP contribution in [0.3, 0.4) is 0 Å². The second kappa shape index (κ2) is 4.75. The van der Waals surface area contributed by atoms with Gasteiger partial charge in [0.05, 0.1) is 18.3 Å². The minimum Gasteiger partial charge on any atom is -0.381 e. The lowest BCUT2D eigenvalue weighted by atomic mass is 9.93. The fourth-order valence-corrected chi connectivity index (χ4v) is 2.69. The summed E-state index contributed by atoms with van der Waals surface area (Å²) in [5, 5.41) is 9.12. The van der Waals surface area contributed by atoms with Gasteiger partial charge in [-0.15, -0.1) is 0 Å². The molecule has 2 atom stereocenters. The molecule has 1 aromatic heterocycles. The molecule has 0 radical (unpaired) electrons. The third-order valence-electron chi connectivity index (χ3n) is 3.21. The molecule has 0 saturated heterocycles. The van der Waals surface area contributed by atoms with E-state index in [4.69, 9.17) is 9.88 Å². The number of sulfonamides is 1. The molecule has 1 saturated carbocycles. The number of aromatic nitrogens is 2. The zero-order valence-corrected chi connectivity index (χ0v) is 10.6. The molecule has 1 aliphatic rings. The lowest BCUT2D eigenvalue weighted by Crippen LogP contribution is -2.24. The molecule has 1 fully saturated rings. The lowest BCUT2D eigenvalue weighted by Gasteiger charge is -2.28. The molecule has 0 amide bonds. The van der Waals surface area contributed by atoms with E-state index in [1.807, 2.05) is 0 Å². The Morgan fingerprint density at radius 3 is 2.88 bits per heavy atom. The third-order valence-corrected chi connectivity index (χ3v) is 4.08. The van der Waals surface area contributed by atoms with Crippen LogP contribution in [0.15, 0.2) is 17.3 Å². The number of hydrogen-bond donors (Lipinski definition) is 1. The summed E-state index contributed by atoms with van der Waals surface area (Å²) in [4.78, 5) is 0.0667. The Labute approximate surface area is 101 Å². The summed E-state index contributed by atoms with van der Waals surface area (Å²) >= 11 is 0. The first-order valence-electron chi connectivity index (χ1n) is 5.60. The maximum atomic E-state index is 11.1. The van der Waals surface area contributed by atoms with E-state index >= 15 is 0 Å². The summed E-state index contributed by atoms with van der Waals surface area (Å²) < 4.78 is 29.3. The van der Waals surface area contributed by atoms with Crippen LogP contribution in [-0.2, 0) is 14.8 Å². The number of primary sulfonamides is 1. The summed E-state index contributed by atoms with van der Waals surface area (Å²) in [6, 6.07) is 0.198. The number of hydrogen-bond acceptors (Lipinski definition) is 4. The van der Waals surface area contributed by atoms with Gasteiger partial charge in [-0.3, -0.25) is 4.68 Å². The van der Waals surface area contributed by atoms with Gasteiger partial charge in [0.15, 0.2) is 0 Å². The predicted octanol–water partition coefficient (Wildman–Crippen LogP) is 0.661. The Bertz CT molecular complexity index is 483. The number of rotatable bonds is 3. The van der Waals surface area contributed by atoms with Gasteiger partial charge in [-0.25, -0.2) is 13.6 Å². The molecular weight excluding hydrogens is 242 g/mol. The van der Waals surface area contributed by atoms with E-state index in [0.29, 0.717) is 0 Å². The van der Waals surface area contributed by atoms with E-state index in [2.05, 4.69) is 5.10 Å². The van der Waals surface area contributed by atoms with Gasteiger partial charge in [-0.2, -0.15) is 5.10 Å². The van der Waals surface area contributed by atoms with Gasteiger partial charge in [0.25, 0.3) is 0 Å². The van der Waals surface area contributed by atoms with Crippen LogP contribution in [0.1, 0.15) is 31.7 Å².